The van der Waals surface area contributed by atoms with Crippen LogP contribution >= 0.6 is 11.8 Å². The molecule has 4 aliphatic heterocycles. The van der Waals surface area contributed by atoms with Gasteiger partial charge in [-0.15, -0.1) is 0 Å². The molecule has 2 aromatic rings. The lowest BCUT2D eigenvalue weighted by Gasteiger charge is -2.41. The molecule has 2 aromatic heterocycles. The van der Waals surface area contributed by atoms with Gasteiger partial charge in [0.1, 0.15) is 24.1 Å². The summed E-state index contributed by atoms with van der Waals surface area (Å²) in [6.07, 6.45) is 6.52. The molecule has 4 unspecified atom stereocenters. The van der Waals surface area contributed by atoms with Crippen LogP contribution in [0.3, 0.4) is 0 Å². The summed E-state index contributed by atoms with van der Waals surface area (Å²) < 4.78 is 22.9. The Labute approximate surface area is 227 Å². The molecule has 0 saturated carbocycles. The number of hydrogen-bond donors (Lipinski definition) is 2. The number of nitrogens with zero attached hydrogens (tertiary/aromatic N) is 5. The Morgan fingerprint density at radius 3 is 2.84 bits per heavy atom. The van der Waals surface area contributed by atoms with Crippen LogP contribution in [0.25, 0.3) is 0 Å². The van der Waals surface area contributed by atoms with Gasteiger partial charge in [0.05, 0.1) is 42.6 Å². The molecule has 12 heteroatoms. The Kier molecular flexibility index (Phi) is 7.36. The smallest absolute Gasteiger partial charge is 0.175 e. The van der Waals surface area contributed by atoms with Crippen molar-refractivity contribution in [2.75, 3.05) is 56.6 Å². The number of pyridine rings is 1. The standard InChI is InChI=1S/C26H36N6O5S/c1-16-23(27)26(14-36-16)4-7-31(8-5-26)24-19(12-33)30-21(10-29-24)38-20-3-6-28-25-22(20)35-13-17-9-18(11-32(17)25)37-15-34-2/h3,6,10,16-18,23,33H,4-5,7-9,11-15,27H2,1-2H3. The fourth-order valence-corrected chi connectivity index (χ4v) is 7.03. The van der Waals surface area contributed by atoms with Gasteiger partial charge in [-0.25, -0.2) is 15.0 Å². The second kappa shape index (κ2) is 10.7. The van der Waals surface area contributed by atoms with Crippen LogP contribution < -0.4 is 20.3 Å². The van der Waals surface area contributed by atoms with E-state index < -0.39 is 0 Å². The summed E-state index contributed by atoms with van der Waals surface area (Å²) in [5, 5.41) is 10.9. The molecule has 0 bridgehead atoms. The van der Waals surface area contributed by atoms with Gasteiger partial charge in [0, 0.05) is 44.4 Å². The summed E-state index contributed by atoms with van der Waals surface area (Å²) in [5.41, 5.74) is 7.09. The van der Waals surface area contributed by atoms with E-state index in [2.05, 4.69) is 21.7 Å². The second-order valence-corrected chi connectivity index (χ2v) is 11.7. The maximum atomic E-state index is 10.2. The lowest BCUT2D eigenvalue weighted by Crippen LogP contribution is -2.51. The zero-order valence-corrected chi connectivity index (χ0v) is 22.7. The van der Waals surface area contributed by atoms with Crippen LogP contribution in [0.4, 0.5) is 11.6 Å². The Bertz CT molecular complexity index is 1150. The first-order chi connectivity index (χ1) is 18.5. The van der Waals surface area contributed by atoms with Crippen LogP contribution in [0.15, 0.2) is 28.4 Å². The molecule has 0 aromatic carbocycles. The molecule has 6 heterocycles. The van der Waals surface area contributed by atoms with E-state index in [4.69, 9.17) is 34.6 Å². The Morgan fingerprint density at radius 1 is 1.26 bits per heavy atom. The van der Waals surface area contributed by atoms with E-state index in [1.165, 1.54) is 11.8 Å². The predicted octanol–water partition coefficient (Wildman–Crippen LogP) is 1.81. The molecule has 3 saturated heterocycles. The zero-order chi connectivity index (χ0) is 26.3. The zero-order valence-electron chi connectivity index (χ0n) is 21.9. The molecule has 3 fully saturated rings. The van der Waals surface area contributed by atoms with E-state index in [0.717, 1.165) is 61.2 Å². The number of hydrogen-bond acceptors (Lipinski definition) is 12. The van der Waals surface area contributed by atoms with Gasteiger partial charge in [0.15, 0.2) is 17.4 Å². The summed E-state index contributed by atoms with van der Waals surface area (Å²) in [7, 11) is 1.63. The Morgan fingerprint density at radius 2 is 2.11 bits per heavy atom. The predicted molar refractivity (Wildman–Crippen MR) is 142 cm³/mol. The molecule has 4 atom stereocenters. The molecule has 11 nitrogen and oxygen atoms in total. The van der Waals surface area contributed by atoms with E-state index in [-0.39, 0.29) is 43.1 Å². The first kappa shape index (κ1) is 26.0. The minimum absolute atomic E-state index is 0.0310. The maximum Gasteiger partial charge on any atom is 0.175 e. The third-order valence-corrected chi connectivity index (χ3v) is 9.36. The molecule has 206 valence electrons. The number of rotatable bonds is 7. The monoisotopic (exact) mass is 544 g/mol. The third-order valence-electron chi connectivity index (χ3n) is 8.41. The molecule has 1 spiro atoms. The van der Waals surface area contributed by atoms with E-state index in [1.807, 2.05) is 6.07 Å². The van der Waals surface area contributed by atoms with Crippen LogP contribution in [-0.2, 0) is 20.8 Å². The topological polar surface area (TPSA) is 128 Å². The van der Waals surface area contributed by atoms with Gasteiger partial charge in [-0.2, -0.15) is 0 Å². The number of piperidine rings is 1. The number of ether oxygens (including phenoxy) is 4. The van der Waals surface area contributed by atoms with Gasteiger partial charge in [-0.3, -0.25) is 0 Å². The second-order valence-electron chi connectivity index (χ2n) is 10.6. The van der Waals surface area contributed by atoms with Crippen LogP contribution in [-0.4, -0.2) is 91.1 Å². The molecule has 0 aliphatic carbocycles. The van der Waals surface area contributed by atoms with Gasteiger partial charge < -0.3 is 39.6 Å². The summed E-state index contributed by atoms with van der Waals surface area (Å²) in [6, 6.07) is 2.22. The number of anilines is 2. The van der Waals surface area contributed by atoms with Crippen LogP contribution in [0, 0.1) is 5.41 Å². The quantitative estimate of drug-likeness (QED) is 0.493. The maximum absolute atomic E-state index is 10.2. The largest absolute Gasteiger partial charge is 0.486 e. The minimum atomic E-state index is -0.179. The van der Waals surface area contributed by atoms with Crippen molar-refractivity contribution >= 4 is 23.4 Å². The van der Waals surface area contributed by atoms with Crippen molar-refractivity contribution < 1.29 is 24.1 Å². The highest BCUT2D eigenvalue weighted by Crippen LogP contribution is 2.45. The van der Waals surface area contributed by atoms with Crippen molar-refractivity contribution in [3.05, 3.63) is 24.2 Å². The molecular weight excluding hydrogens is 508 g/mol. The Hall–Kier alpha value is -2.22. The van der Waals surface area contributed by atoms with E-state index >= 15 is 0 Å². The highest BCUT2D eigenvalue weighted by molar-refractivity contribution is 7.99. The SMILES string of the molecule is COCOC1CC2COc3c(Sc4cnc(N5CCC6(CC5)COC(C)C6N)c(CO)n4)ccnc3N2C1. The van der Waals surface area contributed by atoms with Crippen molar-refractivity contribution in [3.63, 3.8) is 0 Å². The van der Waals surface area contributed by atoms with E-state index in [9.17, 15) is 5.11 Å². The number of fused-ring (bicyclic) bond motifs is 3. The Balaban J connectivity index is 1.16. The minimum Gasteiger partial charge on any atom is -0.486 e. The average molecular weight is 545 g/mol. The summed E-state index contributed by atoms with van der Waals surface area (Å²) in [6.45, 7) is 5.84. The molecular formula is C26H36N6O5S. The van der Waals surface area contributed by atoms with Crippen molar-refractivity contribution in [2.24, 2.45) is 11.1 Å². The van der Waals surface area contributed by atoms with E-state index in [0.29, 0.717) is 23.9 Å². The summed E-state index contributed by atoms with van der Waals surface area (Å²) in [4.78, 5) is 19.5. The summed E-state index contributed by atoms with van der Waals surface area (Å²) >= 11 is 1.47. The molecule has 6 rings (SSSR count). The van der Waals surface area contributed by atoms with Gasteiger partial charge >= 0.3 is 0 Å². The van der Waals surface area contributed by atoms with Crippen LogP contribution in [0.5, 0.6) is 5.75 Å². The van der Waals surface area contributed by atoms with E-state index in [1.54, 1.807) is 19.5 Å². The first-order valence-corrected chi connectivity index (χ1v) is 14.1. The lowest BCUT2D eigenvalue weighted by atomic mass is 9.73. The number of aromatic nitrogens is 3. The van der Waals surface area contributed by atoms with Crippen LogP contribution in [0.2, 0.25) is 0 Å². The highest BCUT2D eigenvalue weighted by Gasteiger charge is 2.48. The first-order valence-electron chi connectivity index (χ1n) is 13.3. The van der Waals surface area contributed by atoms with Gasteiger partial charge in [0.2, 0.25) is 0 Å². The number of nitrogens with two attached hydrogens (primary N) is 1. The van der Waals surface area contributed by atoms with Gasteiger partial charge in [-0.1, -0.05) is 11.8 Å². The van der Waals surface area contributed by atoms with Gasteiger partial charge in [0.25, 0.3) is 0 Å². The highest BCUT2D eigenvalue weighted by atomic mass is 32.2. The normalized spacial score (nSPS) is 27.9. The van der Waals surface area contributed by atoms with Crippen molar-refractivity contribution in [1.29, 1.82) is 0 Å². The van der Waals surface area contributed by atoms with Crippen molar-refractivity contribution in [3.8, 4) is 5.75 Å². The number of methoxy groups -OCH3 is 1. The fraction of sp³-hybridized carbons (Fsp3) is 0.654. The lowest BCUT2D eigenvalue weighted by molar-refractivity contribution is -0.0647. The average Bonchev–Trinajstić information content (AvgIpc) is 3.49. The van der Waals surface area contributed by atoms with Crippen molar-refractivity contribution in [1.82, 2.24) is 15.0 Å². The fourth-order valence-electron chi connectivity index (χ4n) is 6.17. The molecule has 4 aliphatic rings. The molecule has 38 heavy (non-hydrogen) atoms. The molecule has 0 amide bonds. The number of aliphatic hydroxyl groups excluding tert-OH is 1. The number of aliphatic hydroxyl groups is 1. The molecule has 3 N–H and O–H groups in total. The van der Waals surface area contributed by atoms with Crippen LogP contribution in [0.1, 0.15) is 31.9 Å². The molecule has 0 radical (unpaired) electrons. The summed E-state index contributed by atoms with van der Waals surface area (Å²) in [5.74, 6) is 2.32. The third kappa shape index (κ3) is 4.71. The van der Waals surface area contributed by atoms with Crippen molar-refractivity contribution in [2.45, 2.75) is 67.0 Å². The van der Waals surface area contributed by atoms with Gasteiger partial charge in [-0.05, 0) is 32.3 Å².